The lowest BCUT2D eigenvalue weighted by atomic mass is 9.87. The van der Waals surface area contributed by atoms with E-state index in [0.717, 1.165) is 30.6 Å². The van der Waals surface area contributed by atoms with Crippen LogP contribution in [0.3, 0.4) is 0 Å². The van der Waals surface area contributed by atoms with Gasteiger partial charge in [0.25, 0.3) is 0 Å². The van der Waals surface area contributed by atoms with Crippen molar-refractivity contribution in [2.24, 2.45) is 0 Å². The van der Waals surface area contributed by atoms with Crippen LogP contribution in [0.1, 0.15) is 42.1 Å². The quantitative estimate of drug-likeness (QED) is 0.845. The summed E-state index contributed by atoms with van der Waals surface area (Å²) in [6, 6.07) is 11.9. The molecule has 0 aliphatic heterocycles. The van der Waals surface area contributed by atoms with Gasteiger partial charge in [-0.25, -0.2) is 0 Å². The zero-order valence-electron chi connectivity index (χ0n) is 13.0. The third kappa shape index (κ3) is 4.45. The molecule has 1 aliphatic carbocycles. The maximum atomic E-state index is 12.2. The molecule has 3 rings (SSSR count). The van der Waals surface area contributed by atoms with Gasteiger partial charge >= 0.3 is 0 Å². The average molecular weight is 332 g/mol. The Morgan fingerprint density at radius 3 is 2.96 bits per heavy atom. The molecule has 1 aromatic carbocycles. The van der Waals surface area contributed by atoms with E-state index in [4.69, 9.17) is 5.73 Å². The topological polar surface area (TPSA) is 68.0 Å². The normalized spacial score (nSPS) is 16.1. The van der Waals surface area contributed by atoms with Crippen molar-refractivity contribution in [1.29, 1.82) is 0 Å². The summed E-state index contributed by atoms with van der Waals surface area (Å²) < 4.78 is 0. The van der Waals surface area contributed by atoms with E-state index in [0.29, 0.717) is 12.8 Å². The van der Waals surface area contributed by atoms with Gasteiger partial charge in [0.05, 0.1) is 6.04 Å². The van der Waals surface area contributed by atoms with E-state index < -0.39 is 0 Å². The van der Waals surface area contributed by atoms with Crippen LogP contribution in [0, 0.1) is 0 Å². The Bertz CT molecular complexity index is 661. The molecule has 0 saturated heterocycles. The van der Waals surface area contributed by atoms with Gasteiger partial charge in [-0.2, -0.15) is 0 Å². The van der Waals surface area contributed by atoms with Crippen molar-refractivity contribution in [2.45, 2.75) is 38.1 Å². The molecule has 0 radical (unpaired) electrons. The lowest BCUT2D eigenvalue weighted by molar-refractivity contribution is -0.121. The van der Waals surface area contributed by atoms with E-state index in [1.54, 1.807) is 6.20 Å². The highest BCUT2D eigenvalue weighted by Gasteiger charge is 2.21. The number of hydrogen-bond acceptors (Lipinski definition) is 3. The summed E-state index contributed by atoms with van der Waals surface area (Å²) in [4.78, 5) is 16.4. The number of aryl methyl sites for hydroxylation is 2. The molecule has 1 atom stereocenters. The second kappa shape index (κ2) is 7.97. The highest BCUT2D eigenvalue weighted by molar-refractivity contribution is 5.85. The first-order valence-electron chi connectivity index (χ1n) is 7.80. The number of carbonyl (C=O) groups is 1. The van der Waals surface area contributed by atoms with Crippen molar-refractivity contribution < 1.29 is 4.79 Å². The third-order valence-corrected chi connectivity index (χ3v) is 4.15. The predicted molar refractivity (Wildman–Crippen MR) is 94.5 cm³/mol. The summed E-state index contributed by atoms with van der Waals surface area (Å²) in [7, 11) is 0. The van der Waals surface area contributed by atoms with Gasteiger partial charge in [0.15, 0.2) is 0 Å². The molecule has 4 nitrogen and oxygen atoms in total. The van der Waals surface area contributed by atoms with Crippen molar-refractivity contribution in [3.05, 3.63) is 59.4 Å². The van der Waals surface area contributed by atoms with Crippen LogP contribution in [0.15, 0.2) is 42.6 Å². The Balaban J connectivity index is 0.00000192. The van der Waals surface area contributed by atoms with Crippen molar-refractivity contribution in [3.8, 4) is 0 Å². The molecule has 0 bridgehead atoms. The lowest BCUT2D eigenvalue weighted by Gasteiger charge is -2.26. The second-order valence-electron chi connectivity index (χ2n) is 5.79. The fourth-order valence-electron chi connectivity index (χ4n) is 3.04. The number of aromatic nitrogens is 1. The summed E-state index contributed by atoms with van der Waals surface area (Å²) in [6.45, 7) is 0. The SMILES string of the molecule is Cl.Nc1ccc2c(c1)CCCC2NC(=O)CCc1ccccn1. The van der Waals surface area contributed by atoms with Crippen molar-refractivity contribution in [3.63, 3.8) is 0 Å². The Kier molecular flexibility index (Phi) is 5.99. The number of nitrogens with one attached hydrogen (secondary N) is 1. The first kappa shape index (κ1) is 17.3. The van der Waals surface area contributed by atoms with Crippen molar-refractivity contribution >= 4 is 24.0 Å². The van der Waals surface area contributed by atoms with Crippen LogP contribution >= 0.6 is 12.4 Å². The Morgan fingerprint density at radius 1 is 1.30 bits per heavy atom. The number of halogens is 1. The number of pyridine rings is 1. The van der Waals surface area contributed by atoms with Crippen molar-refractivity contribution in [1.82, 2.24) is 10.3 Å². The molecule has 23 heavy (non-hydrogen) atoms. The molecular weight excluding hydrogens is 310 g/mol. The van der Waals surface area contributed by atoms with E-state index in [1.807, 2.05) is 36.4 Å². The van der Waals surface area contributed by atoms with Crippen LogP contribution < -0.4 is 11.1 Å². The molecular formula is C18H22ClN3O. The van der Waals surface area contributed by atoms with Crippen molar-refractivity contribution in [2.75, 3.05) is 5.73 Å². The van der Waals surface area contributed by atoms with Crippen LogP contribution in [0.4, 0.5) is 5.69 Å². The maximum absolute atomic E-state index is 12.2. The van der Waals surface area contributed by atoms with Gasteiger partial charge in [0.1, 0.15) is 0 Å². The molecule has 2 aromatic rings. The highest BCUT2D eigenvalue weighted by atomic mass is 35.5. The number of hydrogen-bond donors (Lipinski definition) is 2. The molecule has 1 heterocycles. The number of anilines is 1. The monoisotopic (exact) mass is 331 g/mol. The maximum Gasteiger partial charge on any atom is 0.220 e. The molecule has 0 saturated carbocycles. The number of carbonyl (C=O) groups excluding carboxylic acids is 1. The molecule has 5 heteroatoms. The van der Waals surface area contributed by atoms with Gasteiger partial charge in [0.2, 0.25) is 5.91 Å². The fourth-order valence-corrected chi connectivity index (χ4v) is 3.04. The summed E-state index contributed by atoms with van der Waals surface area (Å²) in [5.74, 6) is 0.0836. The van der Waals surface area contributed by atoms with E-state index in [-0.39, 0.29) is 24.4 Å². The third-order valence-electron chi connectivity index (χ3n) is 4.15. The lowest BCUT2D eigenvalue weighted by Crippen LogP contribution is -2.31. The molecule has 1 aromatic heterocycles. The number of rotatable bonds is 4. The van der Waals surface area contributed by atoms with Crippen LogP contribution in [-0.4, -0.2) is 10.9 Å². The smallest absolute Gasteiger partial charge is 0.220 e. The standard InChI is InChI=1S/C18H21N3O.ClH/c19-14-7-9-16-13(12-14)4-3-6-17(16)21-18(22)10-8-15-5-1-2-11-20-15;/h1-2,5,7,9,11-12,17H,3-4,6,8,10,19H2,(H,21,22);1H. The van der Waals surface area contributed by atoms with E-state index in [9.17, 15) is 4.79 Å². The molecule has 1 unspecified atom stereocenters. The van der Waals surface area contributed by atoms with Gasteiger partial charge in [-0.1, -0.05) is 12.1 Å². The summed E-state index contributed by atoms with van der Waals surface area (Å²) >= 11 is 0. The van der Waals surface area contributed by atoms with Gasteiger partial charge in [0, 0.05) is 24.0 Å². The van der Waals surface area contributed by atoms with E-state index >= 15 is 0 Å². The van der Waals surface area contributed by atoms with Crippen LogP contribution in [0.5, 0.6) is 0 Å². The minimum Gasteiger partial charge on any atom is -0.399 e. The number of nitrogen functional groups attached to an aromatic ring is 1. The van der Waals surface area contributed by atoms with Gasteiger partial charge in [-0.05, 0) is 61.1 Å². The molecule has 1 aliphatic rings. The Hall–Kier alpha value is -2.07. The Morgan fingerprint density at radius 2 is 2.17 bits per heavy atom. The van der Waals surface area contributed by atoms with Gasteiger partial charge in [-0.15, -0.1) is 12.4 Å². The van der Waals surface area contributed by atoms with E-state index in [2.05, 4.69) is 10.3 Å². The molecule has 1 amide bonds. The zero-order chi connectivity index (χ0) is 15.4. The highest BCUT2D eigenvalue weighted by Crippen LogP contribution is 2.31. The minimum absolute atomic E-state index is 0. The fraction of sp³-hybridized carbons (Fsp3) is 0.333. The first-order chi connectivity index (χ1) is 10.7. The number of benzene rings is 1. The molecule has 0 spiro atoms. The van der Waals surface area contributed by atoms with Gasteiger partial charge in [-0.3, -0.25) is 9.78 Å². The predicted octanol–water partition coefficient (Wildman–Crippen LogP) is 3.21. The first-order valence-corrected chi connectivity index (χ1v) is 7.80. The van der Waals surface area contributed by atoms with Gasteiger partial charge < -0.3 is 11.1 Å². The van der Waals surface area contributed by atoms with Crippen LogP contribution in [-0.2, 0) is 17.6 Å². The summed E-state index contributed by atoms with van der Waals surface area (Å²) in [5.41, 5.74) is 10.1. The number of nitrogens with two attached hydrogens (primary N) is 1. The van der Waals surface area contributed by atoms with Crippen LogP contribution in [0.25, 0.3) is 0 Å². The summed E-state index contributed by atoms with van der Waals surface area (Å²) in [5, 5.41) is 3.16. The number of nitrogens with zero attached hydrogens (tertiary/aromatic N) is 1. The number of amides is 1. The zero-order valence-corrected chi connectivity index (χ0v) is 13.8. The number of fused-ring (bicyclic) bond motifs is 1. The molecule has 0 fully saturated rings. The minimum atomic E-state index is 0. The molecule has 3 N–H and O–H groups in total. The summed E-state index contributed by atoms with van der Waals surface area (Å²) in [6.07, 6.45) is 6.02. The van der Waals surface area contributed by atoms with E-state index in [1.165, 1.54) is 11.1 Å². The Labute approximate surface area is 142 Å². The second-order valence-corrected chi connectivity index (χ2v) is 5.79. The largest absolute Gasteiger partial charge is 0.399 e. The van der Waals surface area contributed by atoms with Crippen LogP contribution in [0.2, 0.25) is 0 Å². The molecule has 122 valence electrons. The average Bonchev–Trinajstić information content (AvgIpc) is 2.54.